The predicted molar refractivity (Wildman–Crippen MR) is 107 cm³/mol. The van der Waals surface area contributed by atoms with Gasteiger partial charge in [0.05, 0.1) is 30.2 Å². The summed E-state index contributed by atoms with van der Waals surface area (Å²) in [5.41, 5.74) is 6.58. The van der Waals surface area contributed by atoms with E-state index < -0.39 is 23.7 Å². The Morgan fingerprint density at radius 2 is 1.83 bits per heavy atom. The molecule has 1 saturated heterocycles. The van der Waals surface area contributed by atoms with Crippen molar-refractivity contribution in [3.8, 4) is 0 Å². The molecule has 0 radical (unpaired) electrons. The van der Waals surface area contributed by atoms with E-state index in [1.165, 1.54) is 0 Å². The van der Waals surface area contributed by atoms with Crippen molar-refractivity contribution >= 4 is 11.9 Å². The van der Waals surface area contributed by atoms with E-state index in [0.29, 0.717) is 45.4 Å². The number of hydrogen-bond acceptors (Lipinski definition) is 7. The first-order chi connectivity index (χ1) is 14.0. The number of nitrogens with zero attached hydrogens (tertiary/aromatic N) is 1. The van der Waals surface area contributed by atoms with Crippen molar-refractivity contribution in [2.45, 2.75) is 57.4 Å². The number of carbonyl (C=O) groups excluding carboxylic acids is 2. The third-order valence-corrected chi connectivity index (χ3v) is 6.22. The molecular weight excluding hydrogens is 372 g/mol. The van der Waals surface area contributed by atoms with Crippen LogP contribution in [0.25, 0.3) is 0 Å². The lowest BCUT2D eigenvalue weighted by atomic mass is 9.76. The molecule has 1 aromatic carbocycles. The number of likely N-dealkylation sites (tertiary alicyclic amines) is 1. The van der Waals surface area contributed by atoms with Crippen LogP contribution in [0, 0.1) is 11.8 Å². The molecule has 3 unspecified atom stereocenters. The van der Waals surface area contributed by atoms with Crippen LogP contribution in [0.2, 0.25) is 0 Å². The number of piperidine rings is 1. The largest absolute Gasteiger partial charge is 0.466 e. The highest BCUT2D eigenvalue weighted by molar-refractivity contribution is 5.74. The zero-order valence-electron chi connectivity index (χ0n) is 17.1. The molecule has 0 aromatic heterocycles. The summed E-state index contributed by atoms with van der Waals surface area (Å²) in [6.45, 7) is 3.57. The molecule has 1 heterocycles. The number of aliphatic hydroxyl groups is 1. The van der Waals surface area contributed by atoms with E-state index >= 15 is 0 Å². The lowest BCUT2D eigenvalue weighted by Crippen LogP contribution is -2.69. The van der Waals surface area contributed by atoms with Gasteiger partial charge in [-0.3, -0.25) is 14.5 Å². The second-order valence-electron chi connectivity index (χ2n) is 8.04. The lowest BCUT2D eigenvalue weighted by Gasteiger charge is -2.50. The first-order valence-corrected chi connectivity index (χ1v) is 10.5. The maximum Gasteiger partial charge on any atom is 0.312 e. The highest BCUT2D eigenvalue weighted by Gasteiger charge is 2.50. The smallest absolute Gasteiger partial charge is 0.312 e. The Bertz CT molecular complexity index is 690. The van der Waals surface area contributed by atoms with Gasteiger partial charge in [-0.05, 0) is 44.6 Å². The first-order valence-electron chi connectivity index (χ1n) is 10.5. The van der Waals surface area contributed by atoms with Crippen molar-refractivity contribution in [1.82, 2.24) is 4.90 Å². The normalized spacial score (nSPS) is 28.7. The van der Waals surface area contributed by atoms with Gasteiger partial charge in [0.25, 0.3) is 0 Å². The van der Waals surface area contributed by atoms with Crippen molar-refractivity contribution in [3.05, 3.63) is 35.9 Å². The minimum Gasteiger partial charge on any atom is -0.466 e. The summed E-state index contributed by atoms with van der Waals surface area (Å²) in [6.07, 6.45) is 2.21. The summed E-state index contributed by atoms with van der Waals surface area (Å²) in [5.74, 6) is -1.33. The summed E-state index contributed by atoms with van der Waals surface area (Å²) < 4.78 is 10.6. The van der Waals surface area contributed by atoms with Crippen LogP contribution in [0.4, 0.5) is 0 Å². The number of carbonyl (C=O) groups is 2. The molecule has 0 bridgehead atoms. The van der Waals surface area contributed by atoms with Gasteiger partial charge in [-0.2, -0.15) is 0 Å². The Balaban J connectivity index is 1.58. The number of nitrogens with two attached hydrogens (primary N) is 1. The van der Waals surface area contributed by atoms with Gasteiger partial charge in [-0.25, -0.2) is 0 Å². The van der Waals surface area contributed by atoms with Crippen LogP contribution < -0.4 is 5.73 Å². The second-order valence-corrected chi connectivity index (χ2v) is 8.04. The Morgan fingerprint density at radius 1 is 1.14 bits per heavy atom. The number of aliphatic hydroxyl groups excluding tert-OH is 1. The molecule has 0 amide bonds. The molecule has 1 aliphatic heterocycles. The van der Waals surface area contributed by atoms with Crippen molar-refractivity contribution < 1.29 is 24.2 Å². The summed E-state index contributed by atoms with van der Waals surface area (Å²) in [5, 5.41) is 11.0. The quantitative estimate of drug-likeness (QED) is 0.697. The predicted octanol–water partition coefficient (Wildman–Crippen LogP) is 1.82. The average Bonchev–Trinajstić information content (AvgIpc) is 2.75. The summed E-state index contributed by atoms with van der Waals surface area (Å²) >= 11 is 0. The molecular formula is C22H32N2O5. The molecule has 3 rings (SSSR count). The van der Waals surface area contributed by atoms with Crippen LogP contribution in [0.5, 0.6) is 0 Å². The third kappa shape index (κ3) is 4.97. The zero-order valence-corrected chi connectivity index (χ0v) is 17.1. The van der Waals surface area contributed by atoms with E-state index in [1.807, 2.05) is 35.2 Å². The van der Waals surface area contributed by atoms with E-state index in [-0.39, 0.29) is 18.5 Å². The van der Waals surface area contributed by atoms with E-state index in [1.54, 1.807) is 6.92 Å². The highest BCUT2D eigenvalue weighted by Crippen LogP contribution is 2.36. The fourth-order valence-electron chi connectivity index (χ4n) is 4.48. The fraction of sp³-hybridized carbons (Fsp3) is 0.636. The maximum absolute atomic E-state index is 12.6. The van der Waals surface area contributed by atoms with Gasteiger partial charge in [0, 0.05) is 13.1 Å². The van der Waals surface area contributed by atoms with Gasteiger partial charge in [0.1, 0.15) is 6.61 Å². The van der Waals surface area contributed by atoms with Crippen LogP contribution in [0.15, 0.2) is 30.3 Å². The molecule has 3 atom stereocenters. The number of hydrogen-bond donors (Lipinski definition) is 2. The van der Waals surface area contributed by atoms with E-state index in [4.69, 9.17) is 15.2 Å². The van der Waals surface area contributed by atoms with Gasteiger partial charge in [0.15, 0.2) is 0 Å². The molecule has 7 heteroatoms. The number of rotatable bonds is 6. The molecule has 0 spiro atoms. The molecule has 1 aliphatic carbocycles. The Morgan fingerprint density at radius 3 is 2.48 bits per heavy atom. The maximum atomic E-state index is 12.6. The number of esters is 2. The topological polar surface area (TPSA) is 102 Å². The van der Waals surface area contributed by atoms with Crippen molar-refractivity contribution in [3.63, 3.8) is 0 Å². The van der Waals surface area contributed by atoms with Crippen molar-refractivity contribution in [2.75, 3.05) is 19.7 Å². The fourth-order valence-corrected chi connectivity index (χ4v) is 4.48. The standard InChI is InChI=1S/C22H32N2O5/c1-2-28-20(26)17-10-13-24(14-11-17)22(23)12-6-9-18(19(22)25)21(27)29-15-16-7-4-3-5-8-16/h3-5,7-8,17-19,25H,2,6,9-15,23H2,1H3. The van der Waals surface area contributed by atoms with E-state index in [9.17, 15) is 14.7 Å². The average molecular weight is 405 g/mol. The van der Waals surface area contributed by atoms with Crippen LogP contribution in [-0.2, 0) is 25.7 Å². The van der Waals surface area contributed by atoms with Gasteiger partial charge in [0.2, 0.25) is 0 Å². The zero-order chi connectivity index (χ0) is 20.9. The Labute approximate surface area is 172 Å². The van der Waals surface area contributed by atoms with Crippen molar-refractivity contribution in [1.29, 1.82) is 0 Å². The second kappa shape index (κ2) is 9.69. The molecule has 1 aromatic rings. The molecule has 3 N–H and O–H groups in total. The van der Waals surface area contributed by atoms with Gasteiger partial charge >= 0.3 is 11.9 Å². The summed E-state index contributed by atoms with van der Waals surface area (Å²) in [4.78, 5) is 26.7. The van der Waals surface area contributed by atoms with E-state index in [2.05, 4.69) is 0 Å². The minimum atomic E-state index is -1.00. The summed E-state index contributed by atoms with van der Waals surface area (Å²) in [6, 6.07) is 9.48. The van der Waals surface area contributed by atoms with Crippen LogP contribution >= 0.6 is 0 Å². The Hall–Kier alpha value is -1.96. The number of ether oxygens (including phenoxy) is 2. The Kier molecular flexibility index (Phi) is 7.27. The third-order valence-electron chi connectivity index (χ3n) is 6.22. The molecule has 160 valence electrons. The lowest BCUT2D eigenvalue weighted by molar-refractivity contribution is -0.166. The SMILES string of the molecule is CCOC(=O)C1CCN(C2(N)CCCC(C(=O)OCc3ccccc3)C2O)CC1. The van der Waals surface area contributed by atoms with Crippen LogP contribution in [0.3, 0.4) is 0 Å². The number of benzene rings is 1. The molecule has 2 aliphatic rings. The minimum absolute atomic E-state index is 0.123. The molecule has 2 fully saturated rings. The molecule has 29 heavy (non-hydrogen) atoms. The van der Waals surface area contributed by atoms with Crippen LogP contribution in [0.1, 0.15) is 44.6 Å². The molecule has 1 saturated carbocycles. The highest BCUT2D eigenvalue weighted by atomic mass is 16.5. The van der Waals surface area contributed by atoms with Gasteiger partial charge in [-0.15, -0.1) is 0 Å². The monoisotopic (exact) mass is 404 g/mol. The summed E-state index contributed by atoms with van der Waals surface area (Å²) in [7, 11) is 0. The van der Waals surface area contributed by atoms with Gasteiger partial charge in [-0.1, -0.05) is 30.3 Å². The van der Waals surface area contributed by atoms with Gasteiger partial charge < -0.3 is 20.3 Å². The van der Waals surface area contributed by atoms with E-state index in [0.717, 1.165) is 12.0 Å². The first kappa shape index (κ1) is 21.7. The molecule has 7 nitrogen and oxygen atoms in total. The van der Waals surface area contributed by atoms with Crippen molar-refractivity contribution in [2.24, 2.45) is 17.6 Å². The van der Waals surface area contributed by atoms with Crippen LogP contribution in [-0.4, -0.2) is 53.4 Å².